The number of hydrogen-bond donors (Lipinski definition) is 2. The number of carbonyl (C=O) groups is 1. The van der Waals surface area contributed by atoms with Gasteiger partial charge in [-0.3, -0.25) is 9.79 Å². The van der Waals surface area contributed by atoms with E-state index in [2.05, 4.69) is 4.98 Å². The van der Waals surface area contributed by atoms with Crippen molar-refractivity contribution in [3.05, 3.63) is 106 Å². The minimum Gasteiger partial charge on any atom is -0.506 e. The van der Waals surface area contributed by atoms with E-state index < -0.39 is 0 Å². The third-order valence-electron chi connectivity index (χ3n) is 5.97. The average molecular weight is 406 g/mol. The molecule has 2 N–H and O–H groups in total. The second kappa shape index (κ2) is 7.10. The van der Waals surface area contributed by atoms with Crippen molar-refractivity contribution in [3.63, 3.8) is 0 Å². The van der Waals surface area contributed by atoms with Gasteiger partial charge in [-0.15, -0.1) is 0 Å². The van der Waals surface area contributed by atoms with Gasteiger partial charge < -0.3 is 10.1 Å². The van der Waals surface area contributed by atoms with Crippen LogP contribution in [0, 0.1) is 6.92 Å². The zero-order chi connectivity index (χ0) is 21.7. The highest BCUT2D eigenvalue weighted by Gasteiger charge is 2.40. The van der Waals surface area contributed by atoms with Gasteiger partial charge in [0.05, 0.1) is 16.8 Å². The number of H-pyrrole nitrogens is 1. The van der Waals surface area contributed by atoms with E-state index in [1.807, 2.05) is 87.5 Å². The molecule has 0 amide bonds. The molecule has 0 saturated heterocycles. The second-order valence-electron chi connectivity index (χ2n) is 7.93. The fraction of sp³-hybridized carbons (Fsp3) is 0.111. The van der Waals surface area contributed by atoms with E-state index in [0.717, 1.165) is 50.6 Å². The third kappa shape index (κ3) is 2.91. The van der Waals surface area contributed by atoms with Crippen LogP contribution < -0.4 is 0 Å². The Labute approximate surface area is 181 Å². The Balaban J connectivity index is 1.60. The molecular weight excluding hydrogens is 384 g/mol. The smallest absolute Gasteiger partial charge is 0.201 e. The quantitative estimate of drug-likeness (QED) is 0.521. The molecule has 0 bridgehead atoms. The molecule has 0 saturated carbocycles. The largest absolute Gasteiger partial charge is 0.506 e. The van der Waals surface area contributed by atoms with Gasteiger partial charge in [0.1, 0.15) is 5.76 Å². The Morgan fingerprint density at radius 2 is 1.42 bits per heavy atom. The lowest BCUT2D eigenvalue weighted by Crippen LogP contribution is -2.24. The van der Waals surface area contributed by atoms with Crippen LogP contribution in [0.4, 0.5) is 0 Å². The number of aliphatic imine (C=N–C) groups is 1. The first-order valence-corrected chi connectivity index (χ1v) is 10.3. The monoisotopic (exact) mass is 406 g/mol. The minimum atomic E-state index is -0.141. The van der Waals surface area contributed by atoms with Crippen LogP contribution in [0.15, 0.2) is 94.2 Å². The summed E-state index contributed by atoms with van der Waals surface area (Å²) >= 11 is 0. The highest BCUT2D eigenvalue weighted by molar-refractivity contribution is 6.41. The van der Waals surface area contributed by atoms with E-state index >= 15 is 0 Å². The molecule has 4 heteroatoms. The van der Waals surface area contributed by atoms with Gasteiger partial charge >= 0.3 is 0 Å². The summed E-state index contributed by atoms with van der Waals surface area (Å²) in [6.45, 7) is 5.76. The van der Waals surface area contributed by atoms with Crippen LogP contribution in [-0.4, -0.2) is 21.6 Å². The van der Waals surface area contributed by atoms with Crippen molar-refractivity contribution in [1.82, 2.24) is 4.98 Å². The predicted molar refractivity (Wildman–Crippen MR) is 125 cm³/mol. The number of Topliss-reactive ketones (excluding diaryl/α,β-unsaturated/α-hetero) is 1. The maximum Gasteiger partial charge on any atom is 0.201 e. The molecule has 0 radical (unpaired) electrons. The van der Waals surface area contributed by atoms with Crippen LogP contribution >= 0.6 is 0 Å². The fourth-order valence-electron chi connectivity index (χ4n) is 4.42. The summed E-state index contributed by atoms with van der Waals surface area (Å²) in [5.74, 6) is -0.0950. The number of hydrogen-bond acceptors (Lipinski definition) is 3. The second-order valence-corrected chi connectivity index (χ2v) is 7.93. The Hall–Kier alpha value is -3.92. The Morgan fingerprint density at radius 3 is 2.03 bits per heavy atom. The van der Waals surface area contributed by atoms with Crippen LogP contribution in [0.5, 0.6) is 0 Å². The van der Waals surface area contributed by atoms with Crippen molar-refractivity contribution in [2.45, 2.75) is 20.8 Å². The van der Waals surface area contributed by atoms with Crippen molar-refractivity contribution in [2.24, 2.45) is 4.99 Å². The maximum atomic E-state index is 13.2. The zero-order valence-corrected chi connectivity index (χ0v) is 17.7. The summed E-state index contributed by atoms with van der Waals surface area (Å²) in [5, 5.41) is 11.0. The molecule has 2 aliphatic rings. The van der Waals surface area contributed by atoms with E-state index in [1.54, 1.807) is 0 Å². The van der Waals surface area contributed by atoms with Crippen molar-refractivity contribution in [1.29, 1.82) is 0 Å². The van der Waals surface area contributed by atoms with Crippen molar-refractivity contribution in [3.8, 4) is 11.3 Å². The molecule has 0 atom stereocenters. The van der Waals surface area contributed by atoms with Crippen LogP contribution in [-0.2, 0) is 4.79 Å². The van der Waals surface area contributed by atoms with Gasteiger partial charge in [-0.1, -0.05) is 60.7 Å². The first-order valence-electron chi connectivity index (χ1n) is 10.3. The number of carbonyl (C=O) groups excluding carboxylic acids is 1. The molecule has 0 unspecified atom stereocenters. The van der Waals surface area contributed by atoms with Gasteiger partial charge in [-0.2, -0.15) is 0 Å². The van der Waals surface area contributed by atoms with Gasteiger partial charge in [0.25, 0.3) is 0 Å². The lowest BCUT2D eigenvalue weighted by molar-refractivity contribution is -0.111. The number of benzene rings is 2. The number of aromatic nitrogens is 1. The molecule has 1 aliphatic carbocycles. The highest BCUT2D eigenvalue weighted by Crippen LogP contribution is 2.44. The number of aromatic amines is 1. The normalized spacial score (nSPS) is 18.5. The Bertz CT molecular complexity index is 1350. The highest BCUT2D eigenvalue weighted by atomic mass is 16.3. The summed E-state index contributed by atoms with van der Waals surface area (Å²) < 4.78 is 0. The topological polar surface area (TPSA) is 65.5 Å². The Kier molecular flexibility index (Phi) is 4.36. The average Bonchev–Trinajstić information content (AvgIpc) is 3.30. The summed E-state index contributed by atoms with van der Waals surface area (Å²) in [6, 6.07) is 21.8. The SMILES string of the molecule is CC1=NC(c2ccccc2)=C(C)C1=C1C(=O)C(c2cc(-c3ccccc3)[nH]c2C)=C1O. The van der Waals surface area contributed by atoms with Crippen molar-refractivity contribution in [2.75, 3.05) is 0 Å². The van der Waals surface area contributed by atoms with E-state index in [0.29, 0.717) is 11.1 Å². The molecule has 2 aromatic carbocycles. The lowest BCUT2D eigenvalue weighted by atomic mass is 9.78. The number of aliphatic hydroxyl groups is 1. The molecule has 0 spiro atoms. The van der Waals surface area contributed by atoms with Crippen LogP contribution in [0.25, 0.3) is 22.5 Å². The molecular formula is C27H22N2O2. The van der Waals surface area contributed by atoms with E-state index in [1.165, 1.54) is 0 Å². The van der Waals surface area contributed by atoms with Gasteiger partial charge in [0.15, 0.2) is 0 Å². The number of nitrogens with one attached hydrogen (secondary N) is 1. The van der Waals surface area contributed by atoms with Crippen LogP contribution in [0.3, 0.4) is 0 Å². The number of ketones is 1. The molecule has 0 fully saturated rings. The first-order chi connectivity index (χ1) is 15.0. The van der Waals surface area contributed by atoms with E-state index in [4.69, 9.17) is 4.99 Å². The predicted octanol–water partition coefficient (Wildman–Crippen LogP) is 6.04. The maximum absolute atomic E-state index is 13.2. The van der Waals surface area contributed by atoms with Gasteiger partial charge in [-0.05, 0) is 38.0 Å². The van der Waals surface area contributed by atoms with Crippen molar-refractivity contribution >= 4 is 22.8 Å². The summed E-state index contributed by atoms with van der Waals surface area (Å²) in [4.78, 5) is 21.3. The molecule has 1 aliphatic heterocycles. The third-order valence-corrected chi connectivity index (χ3v) is 5.97. The molecule has 1 aromatic heterocycles. The first kappa shape index (κ1) is 19.1. The fourth-order valence-corrected chi connectivity index (χ4v) is 4.42. The van der Waals surface area contributed by atoms with E-state index in [-0.39, 0.29) is 11.5 Å². The number of allylic oxidation sites excluding steroid dienone is 4. The number of aliphatic hydroxyl groups excluding tert-OH is 1. The molecule has 31 heavy (non-hydrogen) atoms. The number of rotatable bonds is 3. The van der Waals surface area contributed by atoms with Gasteiger partial charge in [0.2, 0.25) is 5.78 Å². The number of nitrogens with zero attached hydrogens (tertiary/aromatic N) is 1. The molecule has 5 rings (SSSR count). The number of aryl methyl sites for hydroxylation is 1. The van der Waals surface area contributed by atoms with Gasteiger partial charge in [-0.25, -0.2) is 0 Å². The minimum absolute atomic E-state index is 0.0462. The Morgan fingerprint density at radius 1 is 0.806 bits per heavy atom. The summed E-state index contributed by atoms with van der Waals surface area (Å²) in [6.07, 6.45) is 0. The zero-order valence-electron chi connectivity index (χ0n) is 17.7. The standard InChI is InChI=1S/C27H22N2O2/c1-15-22(17(3)29-25(15)19-12-8-5-9-13-19)24-26(30)23(27(24)31)20-14-21(28-16(20)2)18-10-6-4-7-11-18/h4-14,28,30H,1-3H3. The molecule has 152 valence electrons. The van der Waals surface area contributed by atoms with Crippen LogP contribution in [0.1, 0.15) is 30.7 Å². The lowest BCUT2D eigenvalue weighted by Gasteiger charge is -2.24. The molecule has 4 nitrogen and oxygen atoms in total. The summed E-state index contributed by atoms with van der Waals surface area (Å²) in [7, 11) is 0. The van der Waals surface area contributed by atoms with E-state index in [9.17, 15) is 9.90 Å². The molecule has 3 aromatic rings. The van der Waals surface area contributed by atoms with Crippen LogP contribution in [0.2, 0.25) is 0 Å². The molecule has 2 heterocycles. The van der Waals surface area contributed by atoms with Crippen molar-refractivity contribution < 1.29 is 9.90 Å². The summed E-state index contributed by atoms with van der Waals surface area (Å²) in [5.41, 5.74) is 8.52. The van der Waals surface area contributed by atoms with Gasteiger partial charge in [0, 0.05) is 33.8 Å².